The zero-order valence-corrected chi connectivity index (χ0v) is 27.8. The summed E-state index contributed by atoms with van der Waals surface area (Å²) >= 11 is 0. The van der Waals surface area contributed by atoms with Crippen molar-refractivity contribution in [1.82, 2.24) is 0 Å². The summed E-state index contributed by atoms with van der Waals surface area (Å²) in [5.74, 6) is 1.08. The Bertz CT molecular complexity index is 1020. The Kier molecular flexibility index (Phi) is 16.1. The van der Waals surface area contributed by atoms with Gasteiger partial charge in [0.05, 0.1) is 56.4 Å². The Morgan fingerprint density at radius 1 is 0.681 bits per heavy atom. The lowest BCUT2D eigenvalue weighted by Crippen LogP contribution is -2.56. The molecule has 0 radical (unpaired) electrons. The molecule has 0 aromatic carbocycles. The summed E-state index contributed by atoms with van der Waals surface area (Å²) < 4.78 is 101. The lowest BCUT2D eigenvalue weighted by Gasteiger charge is -2.32. The fourth-order valence-corrected chi connectivity index (χ4v) is 4.96. The summed E-state index contributed by atoms with van der Waals surface area (Å²) in [6, 6.07) is 0. The van der Waals surface area contributed by atoms with E-state index in [0.29, 0.717) is 18.4 Å². The number of rotatable bonds is 0. The average Bonchev–Trinajstić information content (AvgIpc) is 3.84. The van der Waals surface area contributed by atoms with Crippen molar-refractivity contribution in [3.63, 3.8) is 0 Å². The SMILES string of the molecule is C1=COC2(C1)CCCCC2.C1=COCC1.CC1(C)CC=CO1.CC1=CCCO1.CC1CC=CO1.FC(F)(F)C1(C(F)(F)F)CC=CO1. The lowest BCUT2D eigenvalue weighted by atomic mass is 9.83. The van der Waals surface area contributed by atoms with Crippen molar-refractivity contribution in [3.05, 3.63) is 73.5 Å². The Morgan fingerprint density at radius 2 is 1.32 bits per heavy atom. The first-order chi connectivity index (χ1) is 22.1. The van der Waals surface area contributed by atoms with Gasteiger partial charge in [-0.25, -0.2) is 0 Å². The van der Waals surface area contributed by atoms with E-state index in [9.17, 15) is 26.3 Å². The molecule has 47 heavy (non-hydrogen) atoms. The summed E-state index contributed by atoms with van der Waals surface area (Å²) in [5, 5.41) is 0. The van der Waals surface area contributed by atoms with Crippen molar-refractivity contribution in [2.45, 2.75) is 134 Å². The summed E-state index contributed by atoms with van der Waals surface area (Å²) in [7, 11) is 0. The minimum absolute atomic E-state index is 0.0833. The molecule has 1 unspecified atom stereocenters. The molecule has 1 fully saturated rings. The molecule has 0 N–H and O–H groups in total. The Balaban J connectivity index is 0.000000203. The summed E-state index contributed by atoms with van der Waals surface area (Å²) in [6.45, 7) is 9.97. The van der Waals surface area contributed by atoms with E-state index in [-0.39, 0.29) is 11.2 Å². The van der Waals surface area contributed by atoms with E-state index in [2.05, 4.69) is 37.7 Å². The zero-order valence-electron chi connectivity index (χ0n) is 27.8. The molecule has 0 aromatic rings. The molecule has 1 aliphatic carbocycles. The van der Waals surface area contributed by atoms with Crippen LogP contribution in [-0.2, 0) is 28.4 Å². The van der Waals surface area contributed by atoms with Crippen LogP contribution in [0.3, 0.4) is 0 Å². The molecule has 1 atom stereocenters. The highest BCUT2D eigenvalue weighted by atomic mass is 19.4. The topological polar surface area (TPSA) is 55.4 Å². The molecule has 1 saturated carbocycles. The van der Waals surface area contributed by atoms with Crippen LogP contribution in [0.2, 0.25) is 0 Å². The van der Waals surface area contributed by atoms with Gasteiger partial charge in [-0.3, -0.25) is 0 Å². The van der Waals surface area contributed by atoms with E-state index >= 15 is 0 Å². The second-order valence-corrected chi connectivity index (χ2v) is 12.4. The van der Waals surface area contributed by atoms with Gasteiger partial charge in [-0.1, -0.05) is 6.42 Å². The van der Waals surface area contributed by atoms with Crippen LogP contribution >= 0.6 is 0 Å². The minimum Gasteiger partial charge on any atom is -0.501 e. The van der Waals surface area contributed by atoms with Gasteiger partial charge < -0.3 is 28.4 Å². The van der Waals surface area contributed by atoms with E-state index < -0.39 is 24.4 Å². The third-order valence-electron chi connectivity index (χ3n) is 7.80. The predicted molar refractivity (Wildman–Crippen MR) is 168 cm³/mol. The molecule has 268 valence electrons. The number of ether oxygens (including phenoxy) is 6. The van der Waals surface area contributed by atoms with Crippen molar-refractivity contribution >= 4 is 0 Å². The van der Waals surface area contributed by atoms with Crippen molar-refractivity contribution in [2.75, 3.05) is 13.2 Å². The Hall–Kier alpha value is -3.18. The third-order valence-corrected chi connectivity index (χ3v) is 7.80. The normalized spacial score (nSPS) is 24.3. The van der Waals surface area contributed by atoms with Crippen LogP contribution < -0.4 is 0 Å². The van der Waals surface area contributed by atoms with E-state index in [1.54, 1.807) is 18.8 Å². The molecular weight excluding hydrogens is 630 g/mol. The van der Waals surface area contributed by atoms with Gasteiger partial charge in [-0.05, 0) is 89.8 Å². The maximum absolute atomic E-state index is 12.0. The van der Waals surface area contributed by atoms with E-state index in [1.807, 2.05) is 31.4 Å². The van der Waals surface area contributed by atoms with Crippen LogP contribution in [0.4, 0.5) is 26.3 Å². The Labute approximate surface area is 275 Å². The first-order valence-electron chi connectivity index (χ1n) is 16.1. The Morgan fingerprint density at radius 3 is 1.57 bits per heavy atom. The van der Waals surface area contributed by atoms with Gasteiger partial charge in [0.1, 0.15) is 11.2 Å². The highest BCUT2D eigenvalue weighted by molar-refractivity contribution is 5.07. The number of hydrogen-bond acceptors (Lipinski definition) is 6. The van der Waals surface area contributed by atoms with Crippen LogP contribution in [0.1, 0.15) is 98.3 Å². The summed E-state index contributed by atoms with van der Waals surface area (Å²) in [6.07, 6.45) is 19.1. The molecule has 0 amide bonds. The minimum atomic E-state index is -5.45. The molecule has 6 nitrogen and oxygen atoms in total. The third kappa shape index (κ3) is 14.2. The van der Waals surface area contributed by atoms with Gasteiger partial charge in [0.2, 0.25) is 0 Å². The first-order valence-corrected chi connectivity index (χ1v) is 16.1. The highest BCUT2D eigenvalue weighted by Gasteiger charge is 2.73. The molecule has 6 heterocycles. The maximum Gasteiger partial charge on any atom is 0.437 e. The molecule has 7 rings (SSSR count). The molecular formula is C35H50F6O6. The van der Waals surface area contributed by atoms with Gasteiger partial charge in [-0.2, -0.15) is 26.3 Å². The smallest absolute Gasteiger partial charge is 0.437 e. The molecule has 6 aliphatic heterocycles. The second kappa shape index (κ2) is 19.0. The number of alkyl halides is 6. The molecule has 12 heteroatoms. The van der Waals surface area contributed by atoms with Crippen LogP contribution in [0.5, 0.6) is 0 Å². The first kappa shape index (κ1) is 40.0. The van der Waals surface area contributed by atoms with Crippen molar-refractivity contribution in [1.29, 1.82) is 0 Å². The second-order valence-electron chi connectivity index (χ2n) is 12.4. The summed E-state index contributed by atoms with van der Waals surface area (Å²) in [4.78, 5) is 0. The zero-order chi connectivity index (χ0) is 34.9. The van der Waals surface area contributed by atoms with Gasteiger partial charge >= 0.3 is 18.0 Å². The van der Waals surface area contributed by atoms with Crippen molar-refractivity contribution in [3.8, 4) is 0 Å². The largest absolute Gasteiger partial charge is 0.501 e. The van der Waals surface area contributed by atoms with Crippen LogP contribution in [-0.4, -0.2) is 48.5 Å². The van der Waals surface area contributed by atoms with E-state index in [4.69, 9.17) is 23.7 Å². The van der Waals surface area contributed by atoms with Crippen LogP contribution in [0.25, 0.3) is 0 Å². The number of halogens is 6. The molecule has 1 spiro atoms. The van der Waals surface area contributed by atoms with Gasteiger partial charge in [-0.15, -0.1) is 0 Å². The van der Waals surface area contributed by atoms with Crippen molar-refractivity contribution in [2.24, 2.45) is 0 Å². The molecule has 7 aliphatic rings. The quantitative estimate of drug-likeness (QED) is 0.237. The lowest BCUT2D eigenvalue weighted by molar-refractivity contribution is -0.362. The number of allylic oxidation sites excluding steroid dienone is 1. The molecule has 0 saturated heterocycles. The van der Waals surface area contributed by atoms with Gasteiger partial charge in [0.15, 0.2) is 0 Å². The highest BCUT2D eigenvalue weighted by Crippen LogP contribution is 2.50. The fourth-order valence-electron chi connectivity index (χ4n) is 4.96. The molecule has 0 bridgehead atoms. The van der Waals surface area contributed by atoms with Gasteiger partial charge in [0, 0.05) is 38.5 Å². The fraction of sp³-hybridized carbons (Fsp3) is 0.657. The van der Waals surface area contributed by atoms with E-state index in [1.165, 1.54) is 32.1 Å². The van der Waals surface area contributed by atoms with Gasteiger partial charge in [0.25, 0.3) is 0 Å². The van der Waals surface area contributed by atoms with Crippen LogP contribution in [0.15, 0.2) is 73.5 Å². The van der Waals surface area contributed by atoms with Crippen LogP contribution in [0, 0.1) is 0 Å². The average molecular weight is 681 g/mol. The monoisotopic (exact) mass is 680 g/mol. The molecule has 0 aromatic heterocycles. The summed E-state index contributed by atoms with van der Waals surface area (Å²) in [5.41, 5.74) is -3.70. The maximum atomic E-state index is 12.0. The standard InChI is InChI=1S/C9H14O.C6H4F6O.C6H10O.2C5H8O.C4H6O/c1-2-5-9(6-3-1)7-4-8-10-9;7-5(8,9)4(6(10,11)12)2-1-3-13-4;1-6(2)4-3-5-7-6;2*1-5-3-2-4-6-5;1-2-4-5-3-1/h4,8H,1-3,5-7H2;1,3H,2H2;3,5H,4H2,1-2H3;3H,2,4H2,1H3;2,4-5H,3H2,1H3;1,3H,2,4H2. The van der Waals surface area contributed by atoms with E-state index in [0.717, 1.165) is 51.1 Å². The predicted octanol–water partition coefficient (Wildman–Crippen LogP) is 10.6. The number of hydrogen-bond donors (Lipinski definition) is 0. The van der Waals surface area contributed by atoms with Crippen molar-refractivity contribution < 1.29 is 54.8 Å².